The highest BCUT2D eigenvalue weighted by Crippen LogP contribution is 2.64. The average Bonchev–Trinajstić information content (AvgIpc) is 3.50. The molecule has 220 valence electrons. The third-order valence-corrected chi connectivity index (χ3v) is 11.5. The molecule has 0 saturated heterocycles. The van der Waals surface area contributed by atoms with Crippen LogP contribution in [0.4, 0.5) is 0 Å². The number of methoxy groups -OCH3 is 2. The Labute approximate surface area is 250 Å². The zero-order valence-corrected chi connectivity index (χ0v) is 25.4. The first-order valence-corrected chi connectivity index (χ1v) is 16.8. The predicted octanol–water partition coefficient (Wildman–Crippen LogP) is 7.16. The van der Waals surface area contributed by atoms with E-state index >= 15 is 0 Å². The van der Waals surface area contributed by atoms with Gasteiger partial charge in [-0.15, -0.1) is 0 Å². The first-order chi connectivity index (χ1) is 20.4. The fourth-order valence-corrected chi connectivity index (χ4v) is 9.57. The van der Waals surface area contributed by atoms with Gasteiger partial charge in [0.1, 0.15) is 38.8 Å². The van der Waals surface area contributed by atoms with Crippen molar-refractivity contribution in [2.75, 3.05) is 14.2 Å². The van der Waals surface area contributed by atoms with Gasteiger partial charge in [-0.1, -0.05) is 37.8 Å². The van der Waals surface area contributed by atoms with Gasteiger partial charge in [0, 0.05) is 34.6 Å². The summed E-state index contributed by atoms with van der Waals surface area (Å²) in [6, 6.07) is 16.6. The van der Waals surface area contributed by atoms with Gasteiger partial charge in [0.15, 0.2) is 5.75 Å². The number of nitrogens with zero attached hydrogens (tertiary/aromatic N) is 2. The van der Waals surface area contributed by atoms with Gasteiger partial charge in [0.05, 0.1) is 25.9 Å². The minimum Gasteiger partial charge on any atom is -0.497 e. The standard InChI is InChI=1S/C32H34N2O6S2/c1-37-21-12-14-23-26(19-21)39-32(18-7-4-11-29(32)31(23)16-5-3-6-17-31)24-15-13-22(38-2)20-27(24)40-42(35,36)28-10-8-9-25-30(28)34-41-33-25/h8-10,12-15,19-20,29H,3-7,11,16-18H2,1-2H3/t29-,32+/m0/s1. The number of aromatic nitrogens is 2. The van der Waals surface area contributed by atoms with E-state index in [2.05, 4.69) is 14.8 Å². The first-order valence-electron chi connectivity index (χ1n) is 14.6. The quantitative estimate of drug-likeness (QED) is 0.213. The van der Waals surface area contributed by atoms with Gasteiger partial charge in [0.2, 0.25) is 0 Å². The highest BCUT2D eigenvalue weighted by molar-refractivity contribution is 7.87. The number of hydrogen-bond acceptors (Lipinski definition) is 9. The zero-order valence-electron chi connectivity index (χ0n) is 23.8. The van der Waals surface area contributed by atoms with E-state index in [9.17, 15) is 8.42 Å². The van der Waals surface area contributed by atoms with Crippen molar-refractivity contribution in [2.45, 2.75) is 73.7 Å². The number of rotatable bonds is 6. The molecule has 4 aromatic rings. The third kappa shape index (κ3) is 4.25. The molecule has 2 heterocycles. The Morgan fingerprint density at radius 2 is 1.60 bits per heavy atom. The molecule has 2 atom stereocenters. The monoisotopic (exact) mass is 606 g/mol. The molecule has 0 unspecified atom stereocenters. The largest absolute Gasteiger partial charge is 0.497 e. The topological polar surface area (TPSA) is 96.8 Å². The maximum Gasteiger partial charge on any atom is 0.341 e. The van der Waals surface area contributed by atoms with Gasteiger partial charge in [-0.3, -0.25) is 0 Å². The molecule has 0 N–H and O–H groups in total. The van der Waals surface area contributed by atoms with Crippen LogP contribution in [-0.4, -0.2) is 31.4 Å². The lowest BCUT2D eigenvalue weighted by molar-refractivity contribution is -0.0956. The van der Waals surface area contributed by atoms with E-state index in [0.717, 1.165) is 80.2 Å². The van der Waals surface area contributed by atoms with Crippen LogP contribution in [0.1, 0.15) is 68.9 Å². The summed E-state index contributed by atoms with van der Waals surface area (Å²) >= 11 is 0.974. The maximum absolute atomic E-state index is 13.9. The molecular formula is C32H34N2O6S2. The van der Waals surface area contributed by atoms with Crippen molar-refractivity contribution in [3.8, 4) is 23.0 Å². The Morgan fingerprint density at radius 3 is 2.38 bits per heavy atom. The van der Waals surface area contributed by atoms with Gasteiger partial charge in [-0.25, -0.2) is 0 Å². The zero-order chi connectivity index (χ0) is 29.0. The van der Waals surface area contributed by atoms with Gasteiger partial charge in [0.25, 0.3) is 0 Å². The second-order valence-corrected chi connectivity index (χ2v) is 13.7. The van der Waals surface area contributed by atoms with Crippen LogP contribution in [-0.2, 0) is 21.1 Å². The molecule has 42 heavy (non-hydrogen) atoms. The summed E-state index contributed by atoms with van der Waals surface area (Å²) in [7, 11) is -1.04. The van der Waals surface area contributed by atoms with Gasteiger partial charge in [-0.2, -0.15) is 17.2 Å². The Morgan fingerprint density at radius 1 is 0.857 bits per heavy atom. The first kappa shape index (κ1) is 27.5. The van der Waals surface area contributed by atoms with E-state index in [1.165, 1.54) is 18.1 Å². The smallest absolute Gasteiger partial charge is 0.341 e. The molecule has 0 amide bonds. The molecule has 3 aliphatic rings. The van der Waals surface area contributed by atoms with Crippen molar-refractivity contribution in [1.82, 2.24) is 8.75 Å². The molecule has 0 radical (unpaired) electrons. The van der Waals surface area contributed by atoms with Crippen LogP contribution in [0.2, 0.25) is 0 Å². The van der Waals surface area contributed by atoms with Crippen LogP contribution in [0.3, 0.4) is 0 Å². The summed E-state index contributed by atoms with van der Waals surface area (Å²) in [6.07, 6.45) is 9.50. The fraction of sp³-hybridized carbons (Fsp3) is 0.438. The molecule has 2 fully saturated rings. The van der Waals surface area contributed by atoms with Gasteiger partial charge >= 0.3 is 10.1 Å². The molecule has 0 bridgehead atoms. The molecule has 10 heteroatoms. The van der Waals surface area contributed by atoms with Crippen molar-refractivity contribution in [2.24, 2.45) is 5.92 Å². The molecule has 1 aliphatic heterocycles. The van der Waals surface area contributed by atoms with Gasteiger partial charge < -0.3 is 18.4 Å². The number of benzene rings is 3. The summed E-state index contributed by atoms with van der Waals surface area (Å²) in [6.45, 7) is 0. The Balaban J connectivity index is 1.42. The highest BCUT2D eigenvalue weighted by Gasteiger charge is 2.60. The van der Waals surface area contributed by atoms with E-state index in [1.807, 2.05) is 24.3 Å². The lowest BCUT2D eigenvalue weighted by Gasteiger charge is -2.58. The van der Waals surface area contributed by atoms with Gasteiger partial charge in [-0.05, 0) is 62.4 Å². The minimum absolute atomic E-state index is 0.0105. The van der Waals surface area contributed by atoms with Crippen molar-refractivity contribution in [3.63, 3.8) is 0 Å². The summed E-state index contributed by atoms with van der Waals surface area (Å²) in [5.74, 6) is 2.44. The van der Waals surface area contributed by atoms with Crippen LogP contribution in [0, 0.1) is 5.92 Å². The fourth-order valence-electron chi connectivity index (χ4n) is 7.87. The van der Waals surface area contributed by atoms with E-state index in [0.29, 0.717) is 16.8 Å². The molecular weight excluding hydrogens is 572 g/mol. The number of fused-ring (bicyclic) bond motifs is 5. The average molecular weight is 607 g/mol. The normalized spacial score (nSPS) is 23.0. The van der Waals surface area contributed by atoms with Crippen molar-refractivity contribution in [3.05, 3.63) is 65.7 Å². The second kappa shape index (κ2) is 10.4. The van der Waals surface area contributed by atoms with Crippen LogP contribution >= 0.6 is 11.7 Å². The summed E-state index contributed by atoms with van der Waals surface area (Å²) in [5.41, 5.74) is 1.95. The molecule has 8 nitrogen and oxygen atoms in total. The lowest BCUT2D eigenvalue weighted by atomic mass is 9.51. The molecule has 1 spiro atoms. The van der Waals surface area contributed by atoms with E-state index in [4.69, 9.17) is 18.4 Å². The van der Waals surface area contributed by atoms with Crippen molar-refractivity contribution in [1.29, 1.82) is 0 Å². The van der Waals surface area contributed by atoms with Crippen molar-refractivity contribution < 1.29 is 26.8 Å². The minimum atomic E-state index is -4.27. The summed E-state index contributed by atoms with van der Waals surface area (Å²) < 4.78 is 60.7. The molecule has 1 aromatic heterocycles. The highest BCUT2D eigenvalue weighted by atomic mass is 32.2. The summed E-state index contributed by atoms with van der Waals surface area (Å²) in [4.78, 5) is -0.0105. The van der Waals surface area contributed by atoms with Crippen LogP contribution in [0.5, 0.6) is 23.0 Å². The Hall–Kier alpha value is -3.37. The molecule has 2 aliphatic carbocycles. The van der Waals surface area contributed by atoms with E-state index in [-0.39, 0.29) is 22.0 Å². The summed E-state index contributed by atoms with van der Waals surface area (Å²) in [5, 5.41) is 0. The predicted molar refractivity (Wildman–Crippen MR) is 160 cm³/mol. The molecule has 2 saturated carbocycles. The maximum atomic E-state index is 13.9. The van der Waals surface area contributed by atoms with Crippen LogP contribution < -0.4 is 18.4 Å². The van der Waals surface area contributed by atoms with Crippen LogP contribution in [0.25, 0.3) is 11.0 Å². The SMILES string of the molecule is COc1ccc2c(c1)O[C@@]1(c3ccc(OC)cc3OS(=O)(=O)c3cccc4nsnc34)CCCC[C@H]1C21CCCCC1. The third-order valence-electron chi connectivity index (χ3n) is 9.65. The number of hydrogen-bond donors (Lipinski definition) is 0. The Bertz CT molecular complexity index is 1750. The van der Waals surface area contributed by atoms with Crippen LogP contribution in [0.15, 0.2) is 59.5 Å². The van der Waals surface area contributed by atoms with E-state index < -0.39 is 15.7 Å². The molecule has 3 aromatic carbocycles. The Kier molecular flexibility index (Phi) is 6.81. The van der Waals surface area contributed by atoms with Crippen molar-refractivity contribution >= 4 is 32.9 Å². The van der Waals surface area contributed by atoms with E-state index in [1.54, 1.807) is 32.4 Å². The molecule has 7 rings (SSSR count). The number of ether oxygens (including phenoxy) is 3. The second-order valence-electron chi connectivity index (χ2n) is 11.7. The lowest BCUT2D eigenvalue weighted by Crippen LogP contribution is -2.57.